The molecule has 3 nitrogen and oxygen atoms in total. The molecule has 1 unspecified atom stereocenters. The summed E-state index contributed by atoms with van der Waals surface area (Å²) in [4.78, 5) is 0. The molecule has 0 aliphatic carbocycles. The van der Waals surface area contributed by atoms with Gasteiger partial charge in [0.25, 0.3) is 0 Å². The summed E-state index contributed by atoms with van der Waals surface area (Å²) in [5, 5.41) is 4.63. The molecule has 0 fully saturated rings. The van der Waals surface area contributed by atoms with Crippen molar-refractivity contribution in [2.24, 2.45) is 0 Å². The van der Waals surface area contributed by atoms with Gasteiger partial charge in [0.1, 0.15) is 5.69 Å². The Morgan fingerprint density at radius 3 is 2.30 bits per heavy atom. The molecule has 1 aromatic heterocycles. The van der Waals surface area contributed by atoms with Gasteiger partial charge in [-0.3, -0.25) is 4.68 Å². The van der Waals surface area contributed by atoms with E-state index in [0.717, 1.165) is 23.4 Å². The van der Waals surface area contributed by atoms with Crippen LogP contribution in [0.4, 0.5) is 5.69 Å². The van der Waals surface area contributed by atoms with Gasteiger partial charge >= 0.3 is 0 Å². The van der Waals surface area contributed by atoms with Gasteiger partial charge in [-0.2, -0.15) is 5.10 Å². The fraction of sp³-hybridized carbons (Fsp3) is 0.471. The topological polar surface area (TPSA) is 43.8 Å². The highest BCUT2D eigenvalue weighted by molar-refractivity contribution is 5.72. The Morgan fingerprint density at radius 1 is 1.20 bits per heavy atom. The second kappa shape index (κ2) is 5.31. The molecule has 1 heterocycles. The third kappa shape index (κ3) is 2.87. The van der Waals surface area contributed by atoms with Crippen LogP contribution >= 0.6 is 0 Å². The zero-order valence-electron chi connectivity index (χ0n) is 13.1. The number of nitrogens with zero attached hydrogens (tertiary/aromatic N) is 2. The molecule has 0 aliphatic heterocycles. The van der Waals surface area contributed by atoms with Crippen LogP contribution in [0.3, 0.4) is 0 Å². The monoisotopic (exact) mass is 271 g/mol. The second-order valence-corrected chi connectivity index (χ2v) is 6.50. The summed E-state index contributed by atoms with van der Waals surface area (Å²) < 4.78 is 1.96. The van der Waals surface area contributed by atoms with Crippen molar-refractivity contribution in [1.82, 2.24) is 9.78 Å². The normalized spacial score (nSPS) is 13.4. The first-order chi connectivity index (χ1) is 9.32. The van der Waals surface area contributed by atoms with E-state index in [1.165, 1.54) is 5.56 Å². The maximum atomic E-state index is 6.11. The SMILES string of the molecule is CCC(C)n1cc(N)c(-c2ccc(C(C)(C)C)cc2)n1. The van der Waals surface area contributed by atoms with Gasteiger partial charge in [-0.05, 0) is 24.3 Å². The first-order valence-corrected chi connectivity index (χ1v) is 7.28. The van der Waals surface area contributed by atoms with Crippen molar-refractivity contribution < 1.29 is 0 Å². The highest BCUT2D eigenvalue weighted by Gasteiger charge is 2.15. The lowest BCUT2D eigenvalue weighted by atomic mass is 9.86. The average Bonchev–Trinajstić information content (AvgIpc) is 2.79. The van der Waals surface area contributed by atoms with Crippen molar-refractivity contribution in [3.8, 4) is 11.3 Å². The molecule has 0 aliphatic rings. The smallest absolute Gasteiger partial charge is 0.115 e. The largest absolute Gasteiger partial charge is 0.396 e. The maximum absolute atomic E-state index is 6.11. The predicted molar refractivity (Wildman–Crippen MR) is 85.8 cm³/mol. The Bertz CT molecular complexity index is 573. The Morgan fingerprint density at radius 2 is 1.80 bits per heavy atom. The summed E-state index contributed by atoms with van der Waals surface area (Å²) in [6.07, 6.45) is 2.98. The average molecular weight is 271 g/mol. The minimum Gasteiger partial charge on any atom is -0.396 e. The van der Waals surface area contributed by atoms with Crippen molar-refractivity contribution in [2.45, 2.75) is 52.5 Å². The minimum absolute atomic E-state index is 0.167. The summed E-state index contributed by atoms with van der Waals surface area (Å²) in [5.41, 5.74) is 10.3. The number of anilines is 1. The number of nitrogens with two attached hydrogens (primary N) is 1. The van der Waals surface area contributed by atoms with E-state index < -0.39 is 0 Å². The molecule has 0 spiro atoms. The van der Waals surface area contributed by atoms with Crippen molar-refractivity contribution >= 4 is 5.69 Å². The van der Waals surface area contributed by atoms with Crippen LogP contribution in [0.5, 0.6) is 0 Å². The van der Waals surface area contributed by atoms with Gasteiger partial charge in [0.2, 0.25) is 0 Å². The third-order valence-corrected chi connectivity index (χ3v) is 3.83. The second-order valence-electron chi connectivity index (χ2n) is 6.50. The van der Waals surface area contributed by atoms with Crippen molar-refractivity contribution in [2.75, 3.05) is 5.73 Å². The molecule has 2 aromatic rings. The van der Waals surface area contributed by atoms with Crippen LogP contribution in [0.15, 0.2) is 30.5 Å². The molecule has 0 radical (unpaired) electrons. The standard InChI is InChI=1S/C17H25N3/c1-6-12(2)20-11-15(18)16(19-20)13-7-9-14(10-8-13)17(3,4)5/h7-12H,6,18H2,1-5H3. The van der Waals surface area contributed by atoms with E-state index in [0.29, 0.717) is 6.04 Å². The zero-order valence-corrected chi connectivity index (χ0v) is 13.1. The molecule has 0 saturated carbocycles. The maximum Gasteiger partial charge on any atom is 0.115 e. The molecule has 1 aromatic carbocycles. The molecule has 0 bridgehead atoms. The molecule has 2 N–H and O–H groups in total. The minimum atomic E-state index is 0.167. The van der Waals surface area contributed by atoms with Gasteiger partial charge in [-0.15, -0.1) is 0 Å². The Kier molecular flexibility index (Phi) is 3.89. The lowest BCUT2D eigenvalue weighted by molar-refractivity contribution is 0.479. The number of rotatable bonds is 3. The fourth-order valence-corrected chi connectivity index (χ4v) is 2.17. The van der Waals surface area contributed by atoms with Crippen molar-refractivity contribution in [1.29, 1.82) is 0 Å². The first kappa shape index (κ1) is 14.6. The zero-order chi connectivity index (χ0) is 14.9. The molecule has 0 amide bonds. The van der Waals surface area contributed by atoms with E-state index in [2.05, 4.69) is 64.0 Å². The van der Waals surface area contributed by atoms with Crippen LogP contribution in [0.1, 0.15) is 52.6 Å². The highest BCUT2D eigenvalue weighted by atomic mass is 15.3. The van der Waals surface area contributed by atoms with Gasteiger partial charge in [0.15, 0.2) is 0 Å². The Labute approximate surface area is 121 Å². The molecule has 108 valence electrons. The Balaban J connectivity index is 2.35. The predicted octanol–water partition coefficient (Wildman–Crippen LogP) is 4.40. The van der Waals surface area contributed by atoms with E-state index in [4.69, 9.17) is 5.73 Å². The summed E-state index contributed by atoms with van der Waals surface area (Å²) >= 11 is 0. The third-order valence-electron chi connectivity index (χ3n) is 3.83. The number of benzene rings is 1. The van der Waals surface area contributed by atoms with Crippen molar-refractivity contribution in [3.63, 3.8) is 0 Å². The van der Waals surface area contributed by atoms with Gasteiger partial charge < -0.3 is 5.73 Å². The molecule has 1 atom stereocenters. The number of nitrogen functional groups attached to an aromatic ring is 1. The molecular formula is C17H25N3. The summed E-state index contributed by atoms with van der Waals surface area (Å²) in [7, 11) is 0. The van der Waals surface area contributed by atoms with E-state index in [-0.39, 0.29) is 5.41 Å². The van der Waals surface area contributed by atoms with Crippen LogP contribution in [0.25, 0.3) is 11.3 Å². The molecule has 2 rings (SSSR count). The van der Waals surface area contributed by atoms with Crippen LogP contribution in [-0.4, -0.2) is 9.78 Å². The van der Waals surface area contributed by atoms with Crippen LogP contribution in [-0.2, 0) is 5.41 Å². The highest BCUT2D eigenvalue weighted by Crippen LogP contribution is 2.29. The molecular weight excluding hydrogens is 246 g/mol. The summed E-state index contributed by atoms with van der Waals surface area (Å²) in [6.45, 7) is 11.0. The van der Waals surface area contributed by atoms with Gasteiger partial charge in [-0.25, -0.2) is 0 Å². The van der Waals surface area contributed by atoms with Crippen LogP contribution in [0, 0.1) is 0 Å². The number of aromatic nitrogens is 2. The fourth-order valence-electron chi connectivity index (χ4n) is 2.17. The van der Waals surface area contributed by atoms with Gasteiger partial charge in [0, 0.05) is 17.8 Å². The summed E-state index contributed by atoms with van der Waals surface area (Å²) in [5.74, 6) is 0. The van der Waals surface area contributed by atoms with Gasteiger partial charge in [0.05, 0.1) is 5.69 Å². The first-order valence-electron chi connectivity index (χ1n) is 7.28. The van der Waals surface area contributed by atoms with E-state index in [1.807, 2.05) is 10.9 Å². The molecule has 20 heavy (non-hydrogen) atoms. The number of hydrogen-bond donors (Lipinski definition) is 1. The van der Waals surface area contributed by atoms with E-state index in [1.54, 1.807) is 0 Å². The van der Waals surface area contributed by atoms with Crippen molar-refractivity contribution in [3.05, 3.63) is 36.0 Å². The summed E-state index contributed by atoms with van der Waals surface area (Å²) in [6, 6.07) is 8.93. The number of hydrogen-bond acceptors (Lipinski definition) is 2. The Hall–Kier alpha value is -1.77. The quantitative estimate of drug-likeness (QED) is 0.899. The molecule has 3 heteroatoms. The van der Waals surface area contributed by atoms with Crippen LogP contribution in [0.2, 0.25) is 0 Å². The lowest BCUT2D eigenvalue weighted by Gasteiger charge is -2.19. The lowest BCUT2D eigenvalue weighted by Crippen LogP contribution is -2.10. The molecule has 0 saturated heterocycles. The van der Waals surface area contributed by atoms with E-state index >= 15 is 0 Å². The van der Waals surface area contributed by atoms with E-state index in [9.17, 15) is 0 Å². The van der Waals surface area contributed by atoms with Crippen LogP contribution < -0.4 is 5.73 Å². The van der Waals surface area contributed by atoms with Gasteiger partial charge in [-0.1, -0.05) is 52.0 Å².